The number of pyridine rings is 2. The molecule has 0 amide bonds. The number of furan rings is 1. The Morgan fingerprint density at radius 1 is 0.386 bits per heavy atom. The van der Waals surface area contributed by atoms with Crippen LogP contribution in [0.2, 0.25) is 0 Å². The zero-order valence-electron chi connectivity index (χ0n) is 30.3. The van der Waals surface area contributed by atoms with E-state index >= 15 is 0 Å². The van der Waals surface area contributed by atoms with Crippen LogP contribution in [0, 0.1) is 0 Å². The van der Waals surface area contributed by atoms with Crippen LogP contribution in [0.4, 0.5) is 0 Å². The van der Waals surface area contributed by atoms with Gasteiger partial charge >= 0.3 is 0 Å². The first-order valence-corrected chi connectivity index (χ1v) is 18.8. The lowest BCUT2D eigenvalue weighted by Crippen LogP contribution is -2.00. The first-order valence-electron chi connectivity index (χ1n) is 18.8. The summed E-state index contributed by atoms with van der Waals surface area (Å²) in [5, 5.41) is 6.41. The highest BCUT2D eigenvalue weighted by Gasteiger charge is 2.21. The lowest BCUT2D eigenvalue weighted by atomic mass is 10.1. The fourth-order valence-corrected chi connectivity index (χ4v) is 8.38. The molecule has 0 bridgehead atoms. The first kappa shape index (κ1) is 31.4. The number of hydrogen-bond acceptors (Lipinski definition) is 6. The van der Waals surface area contributed by atoms with Crippen molar-refractivity contribution in [3.05, 3.63) is 176 Å². The minimum Gasteiger partial charge on any atom is -0.455 e. The molecule has 8 nitrogen and oxygen atoms in total. The standard InChI is InChI=1S/C49H29N7O/c1-4-11-30(12-5-1)47-52-48(31-13-6-2-7-14-31)54-49(53-47)35-18-10-17-34-38-25-33(19-20-45(38)57-46(34)35)56-42-22-24-51-29-40(42)37-26-43-36(27-44(37)56)39-28-50-23-21-41(39)55(43)32-15-8-3-9-16-32/h1-29H. The van der Waals surface area contributed by atoms with Crippen LogP contribution in [0.25, 0.3) is 111 Å². The van der Waals surface area contributed by atoms with Crippen molar-refractivity contribution in [2.24, 2.45) is 0 Å². The van der Waals surface area contributed by atoms with Gasteiger partial charge in [0.2, 0.25) is 0 Å². The molecule has 0 spiro atoms. The molecule has 8 heteroatoms. The van der Waals surface area contributed by atoms with Crippen molar-refractivity contribution in [2.75, 3.05) is 0 Å². The number of nitrogens with zero attached hydrogens (tertiary/aromatic N) is 7. The van der Waals surface area contributed by atoms with Gasteiger partial charge in [0.15, 0.2) is 17.5 Å². The van der Waals surface area contributed by atoms with Crippen LogP contribution < -0.4 is 0 Å². The molecule has 0 aliphatic heterocycles. The molecule has 57 heavy (non-hydrogen) atoms. The Hall–Kier alpha value is -7.97. The monoisotopic (exact) mass is 731 g/mol. The Morgan fingerprint density at radius 2 is 0.947 bits per heavy atom. The molecule has 0 radical (unpaired) electrons. The Bertz CT molecular complexity index is 3460. The van der Waals surface area contributed by atoms with Gasteiger partial charge in [-0.05, 0) is 60.7 Å². The number of aromatic nitrogens is 7. The maximum absolute atomic E-state index is 6.70. The van der Waals surface area contributed by atoms with Crippen LogP contribution in [0.1, 0.15) is 0 Å². The van der Waals surface area contributed by atoms with Crippen LogP contribution in [0.3, 0.4) is 0 Å². The highest BCUT2D eigenvalue weighted by atomic mass is 16.3. The second-order valence-corrected chi connectivity index (χ2v) is 14.2. The van der Waals surface area contributed by atoms with Gasteiger partial charge in [-0.3, -0.25) is 9.97 Å². The van der Waals surface area contributed by atoms with E-state index in [-0.39, 0.29) is 0 Å². The molecular formula is C49H29N7O. The molecule has 0 fully saturated rings. The van der Waals surface area contributed by atoms with Crippen molar-refractivity contribution >= 4 is 65.6 Å². The van der Waals surface area contributed by atoms with E-state index in [1.165, 1.54) is 0 Å². The third-order valence-corrected chi connectivity index (χ3v) is 10.9. The molecule has 0 unspecified atom stereocenters. The summed E-state index contributed by atoms with van der Waals surface area (Å²) < 4.78 is 11.4. The number of para-hydroxylation sites is 2. The van der Waals surface area contributed by atoms with E-state index in [4.69, 9.17) is 19.4 Å². The van der Waals surface area contributed by atoms with Crippen molar-refractivity contribution in [2.45, 2.75) is 0 Å². The van der Waals surface area contributed by atoms with E-state index in [1.54, 1.807) is 0 Å². The molecular weight excluding hydrogens is 703 g/mol. The lowest BCUT2D eigenvalue weighted by molar-refractivity contribution is 0.669. The molecule has 6 heterocycles. The van der Waals surface area contributed by atoms with E-state index in [1.807, 2.05) is 104 Å². The number of rotatable bonds is 5. The van der Waals surface area contributed by atoms with Crippen molar-refractivity contribution in [1.82, 2.24) is 34.1 Å². The number of hydrogen-bond donors (Lipinski definition) is 0. The average Bonchev–Trinajstić information content (AvgIpc) is 3.93. The lowest BCUT2D eigenvalue weighted by Gasteiger charge is -2.09. The summed E-state index contributed by atoms with van der Waals surface area (Å²) in [4.78, 5) is 24.1. The number of fused-ring (bicyclic) bond motifs is 9. The Balaban J connectivity index is 1.07. The second kappa shape index (κ2) is 12.3. The Kier molecular flexibility index (Phi) is 6.76. The molecule has 0 aliphatic carbocycles. The van der Waals surface area contributed by atoms with E-state index < -0.39 is 0 Å². The normalized spacial score (nSPS) is 11.9. The van der Waals surface area contributed by atoms with Gasteiger partial charge in [-0.1, -0.05) is 91.0 Å². The summed E-state index contributed by atoms with van der Waals surface area (Å²) in [7, 11) is 0. The largest absolute Gasteiger partial charge is 0.455 e. The van der Waals surface area contributed by atoms with Gasteiger partial charge in [0.05, 0.1) is 27.6 Å². The minimum atomic E-state index is 0.552. The minimum absolute atomic E-state index is 0.552. The van der Waals surface area contributed by atoms with Gasteiger partial charge in [-0.25, -0.2) is 15.0 Å². The fraction of sp³-hybridized carbons (Fsp3) is 0. The van der Waals surface area contributed by atoms with Gasteiger partial charge in [0, 0.05) is 79.6 Å². The quantitative estimate of drug-likeness (QED) is 0.175. The molecule has 0 saturated carbocycles. The fourth-order valence-electron chi connectivity index (χ4n) is 8.38. The highest BCUT2D eigenvalue weighted by Crippen LogP contribution is 2.41. The van der Waals surface area contributed by atoms with Gasteiger partial charge in [-0.2, -0.15) is 0 Å². The predicted molar refractivity (Wildman–Crippen MR) is 228 cm³/mol. The predicted octanol–water partition coefficient (Wildman–Crippen LogP) is 11.8. The van der Waals surface area contributed by atoms with E-state index in [0.29, 0.717) is 17.5 Å². The van der Waals surface area contributed by atoms with Crippen molar-refractivity contribution in [3.63, 3.8) is 0 Å². The van der Waals surface area contributed by atoms with Gasteiger partial charge in [-0.15, -0.1) is 0 Å². The van der Waals surface area contributed by atoms with E-state index in [9.17, 15) is 0 Å². The third-order valence-electron chi connectivity index (χ3n) is 10.9. The molecule has 12 aromatic rings. The summed E-state index contributed by atoms with van der Waals surface area (Å²) >= 11 is 0. The van der Waals surface area contributed by atoms with Crippen LogP contribution in [0.15, 0.2) is 181 Å². The number of benzene rings is 6. The average molecular weight is 732 g/mol. The van der Waals surface area contributed by atoms with E-state index in [2.05, 4.69) is 91.9 Å². The molecule has 0 atom stereocenters. The summed E-state index contributed by atoms with van der Waals surface area (Å²) in [5.41, 5.74) is 10.6. The summed E-state index contributed by atoms with van der Waals surface area (Å²) in [5.74, 6) is 1.76. The molecule has 6 aromatic carbocycles. The van der Waals surface area contributed by atoms with Gasteiger partial charge in [0.25, 0.3) is 0 Å². The topological polar surface area (TPSA) is 87.5 Å². The van der Waals surface area contributed by atoms with Crippen LogP contribution in [0.5, 0.6) is 0 Å². The van der Waals surface area contributed by atoms with Crippen LogP contribution >= 0.6 is 0 Å². The highest BCUT2D eigenvalue weighted by molar-refractivity contribution is 6.19. The smallest absolute Gasteiger partial charge is 0.167 e. The maximum Gasteiger partial charge on any atom is 0.167 e. The van der Waals surface area contributed by atoms with Crippen molar-refractivity contribution < 1.29 is 4.42 Å². The van der Waals surface area contributed by atoms with Crippen LogP contribution in [-0.4, -0.2) is 34.1 Å². The summed E-state index contributed by atoms with van der Waals surface area (Å²) in [6.07, 6.45) is 7.66. The molecule has 266 valence electrons. The van der Waals surface area contributed by atoms with Crippen LogP contribution in [-0.2, 0) is 0 Å². The summed E-state index contributed by atoms with van der Waals surface area (Å²) in [6, 6.07) is 51.9. The zero-order valence-corrected chi connectivity index (χ0v) is 30.3. The molecule has 12 rings (SSSR count). The molecule has 0 N–H and O–H groups in total. The Morgan fingerprint density at radius 3 is 1.56 bits per heavy atom. The summed E-state index contributed by atoms with van der Waals surface area (Å²) in [6.45, 7) is 0. The van der Waals surface area contributed by atoms with E-state index in [0.717, 1.165) is 93.6 Å². The second-order valence-electron chi connectivity index (χ2n) is 14.2. The molecule has 6 aromatic heterocycles. The van der Waals surface area contributed by atoms with Gasteiger partial charge in [0.1, 0.15) is 11.2 Å². The van der Waals surface area contributed by atoms with Crippen molar-refractivity contribution in [1.29, 1.82) is 0 Å². The Labute approximate surface area is 325 Å². The maximum atomic E-state index is 6.70. The third kappa shape index (κ3) is 4.84. The SMILES string of the molecule is c1ccc(-c2nc(-c3ccccc3)nc(-c3cccc4c3oc3ccc(-n5c6ccncc6c6cc7c(cc65)c5cnccc5n7-c5ccccc5)cc34)n2)cc1. The van der Waals surface area contributed by atoms with Gasteiger partial charge < -0.3 is 13.6 Å². The first-order chi connectivity index (χ1) is 28.3. The van der Waals surface area contributed by atoms with Crippen molar-refractivity contribution in [3.8, 4) is 45.5 Å². The zero-order chi connectivity index (χ0) is 37.5. The molecule has 0 aliphatic rings. The molecule has 0 saturated heterocycles.